The minimum Gasteiger partial charge on any atom is -0.484 e. The largest absolute Gasteiger partial charge is 0.484 e. The Labute approximate surface area is 174 Å². The minimum atomic E-state index is -0.811. The van der Waals surface area contributed by atoms with Crippen LogP contribution in [0.3, 0.4) is 0 Å². The predicted molar refractivity (Wildman–Crippen MR) is 113 cm³/mol. The number of hydrogen-bond donors (Lipinski definition) is 3. The standard InChI is InChI=1S/C22H24N4O4/c1-14-5-3-8-19(15(14)2)25-20(27)13-30-18-7-4-6-16(11-18)12-23-26-22(29)21(28)24-17-9-10-17/h3-8,11-12,17H,9-10,13H2,1-2H3,(H,24,28)(H,25,27)(H,26,29)/b23-12-. The van der Waals surface area contributed by atoms with Crippen molar-refractivity contribution < 1.29 is 19.1 Å². The molecule has 3 N–H and O–H groups in total. The number of nitrogens with zero attached hydrogens (tertiary/aromatic N) is 1. The SMILES string of the molecule is Cc1cccc(NC(=O)COc2cccc(/C=N\NC(=O)C(=O)NC3CC3)c2)c1C. The molecule has 1 aliphatic rings. The van der Waals surface area contributed by atoms with Crippen LogP contribution in [0.25, 0.3) is 0 Å². The van der Waals surface area contributed by atoms with Gasteiger partial charge in [0.1, 0.15) is 5.75 Å². The number of rotatable bonds is 7. The van der Waals surface area contributed by atoms with E-state index < -0.39 is 11.8 Å². The molecule has 30 heavy (non-hydrogen) atoms. The van der Waals surface area contributed by atoms with E-state index in [1.54, 1.807) is 24.3 Å². The van der Waals surface area contributed by atoms with Crippen LogP contribution >= 0.6 is 0 Å². The van der Waals surface area contributed by atoms with Crippen molar-refractivity contribution in [2.24, 2.45) is 5.10 Å². The van der Waals surface area contributed by atoms with Crippen molar-refractivity contribution in [3.63, 3.8) is 0 Å². The maximum Gasteiger partial charge on any atom is 0.329 e. The van der Waals surface area contributed by atoms with E-state index in [2.05, 4.69) is 21.2 Å². The van der Waals surface area contributed by atoms with Crippen LogP contribution in [0.4, 0.5) is 5.69 Å². The van der Waals surface area contributed by atoms with E-state index in [0.29, 0.717) is 11.3 Å². The fraction of sp³-hybridized carbons (Fsp3) is 0.273. The number of amides is 3. The molecule has 3 amide bonds. The van der Waals surface area contributed by atoms with E-state index in [1.807, 2.05) is 32.0 Å². The first-order valence-electron chi connectivity index (χ1n) is 9.65. The summed E-state index contributed by atoms with van der Waals surface area (Å²) in [4.78, 5) is 35.4. The molecule has 2 aromatic carbocycles. The van der Waals surface area contributed by atoms with E-state index in [-0.39, 0.29) is 18.6 Å². The van der Waals surface area contributed by atoms with Crippen LogP contribution in [0.2, 0.25) is 0 Å². The van der Waals surface area contributed by atoms with Gasteiger partial charge in [0.25, 0.3) is 5.91 Å². The Morgan fingerprint density at radius 1 is 1.10 bits per heavy atom. The fourth-order valence-electron chi connectivity index (χ4n) is 2.60. The predicted octanol–water partition coefficient (Wildman–Crippen LogP) is 2.05. The Kier molecular flexibility index (Phi) is 6.79. The van der Waals surface area contributed by atoms with Gasteiger partial charge in [-0.05, 0) is 61.6 Å². The lowest BCUT2D eigenvalue weighted by molar-refractivity contribution is -0.139. The number of hydrazone groups is 1. The molecule has 0 aliphatic heterocycles. The summed E-state index contributed by atoms with van der Waals surface area (Å²) in [6, 6.07) is 12.7. The summed E-state index contributed by atoms with van der Waals surface area (Å²) in [5.41, 5.74) is 5.69. The highest BCUT2D eigenvalue weighted by Gasteiger charge is 2.26. The molecule has 1 saturated carbocycles. The second-order valence-electron chi connectivity index (χ2n) is 7.10. The zero-order valence-electron chi connectivity index (χ0n) is 16.9. The van der Waals surface area contributed by atoms with E-state index >= 15 is 0 Å². The van der Waals surface area contributed by atoms with Gasteiger partial charge in [0.15, 0.2) is 6.61 Å². The maximum absolute atomic E-state index is 12.2. The number of ether oxygens (including phenoxy) is 1. The quantitative estimate of drug-likeness (QED) is 0.370. The van der Waals surface area contributed by atoms with E-state index in [9.17, 15) is 14.4 Å². The molecule has 0 bridgehead atoms. The molecule has 0 heterocycles. The molecule has 1 aliphatic carbocycles. The van der Waals surface area contributed by atoms with Gasteiger partial charge < -0.3 is 15.4 Å². The summed E-state index contributed by atoms with van der Waals surface area (Å²) in [5, 5.41) is 9.20. The maximum atomic E-state index is 12.2. The number of carbonyl (C=O) groups is 3. The molecule has 8 heteroatoms. The molecule has 156 valence electrons. The van der Waals surface area contributed by atoms with Gasteiger partial charge in [-0.3, -0.25) is 14.4 Å². The second kappa shape index (κ2) is 9.69. The van der Waals surface area contributed by atoms with Crippen LogP contribution in [0, 0.1) is 13.8 Å². The third-order valence-electron chi connectivity index (χ3n) is 4.61. The molecule has 0 atom stereocenters. The zero-order chi connectivity index (χ0) is 21.5. The number of hydrogen-bond acceptors (Lipinski definition) is 5. The molecule has 0 spiro atoms. The highest BCUT2D eigenvalue weighted by molar-refractivity contribution is 6.35. The Hall–Kier alpha value is -3.68. The summed E-state index contributed by atoms with van der Waals surface area (Å²) in [7, 11) is 0. The average molecular weight is 408 g/mol. The highest BCUT2D eigenvalue weighted by atomic mass is 16.5. The molecule has 3 rings (SSSR count). The molecule has 1 fully saturated rings. The number of anilines is 1. The van der Waals surface area contributed by atoms with Crippen LogP contribution in [-0.4, -0.2) is 36.6 Å². The van der Waals surface area contributed by atoms with Gasteiger partial charge in [-0.15, -0.1) is 0 Å². The fourth-order valence-corrected chi connectivity index (χ4v) is 2.60. The zero-order valence-corrected chi connectivity index (χ0v) is 16.9. The van der Waals surface area contributed by atoms with Crippen molar-refractivity contribution in [1.29, 1.82) is 0 Å². The van der Waals surface area contributed by atoms with Gasteiger partial charge in [0.05, 0.1) is 6.21 Å². The number of nitrogens with one attached hydrogen (secondary N) is 3. The van der Waals surface area contributed by atoms with E-state index in [0.717, 1.165) is 29.7 Å². The highest BCUT2D eigenvalue weighted by Crippen LogP contribution is 2.19. The molecule has 8 nitrogen and oxygen atoms in total. The van der Waals surface area contributed by atoms with Crippen molar-refractivity contribution in [1.82, 2.24) is 10.7 Å². The van der Waals surface area contributed by atoms with Crippen molar-refractivity contribution in [3.05, 3.63) is 59.2 Å². The van der Waals surface area contributed by atoms with Crippen LogP contribution < -0.4 is 20.8 Å². The van der Waals surface area contributed by atoms with Gasteiger partial charge in [0.2, 0.25) is 0 Å². The van der Waals surface area contributed by atoms with Crippen LogP contribution in [0.5, 0.6) is 5.75 Å². The Morgan fingerprint density at radius 2 is 1.87 bits per heavy atom. The van der Waals surface area contributed by atoms with E-state index in [4.69, 9.17) is 4.74 Å². The van der Waals surface area contributed by atoms with Gasteiger partial charge in [-0.2, -0.15) is 5.10 Å². The number of benzene rings is 2. The van der Waals surface area contributed by atoms with Gasteiger partial charge in [-0.1, -0.05) is 24.3 Å². The molecule has 0 unspecified atom stereocenters. The Morgan fingerprint density at radius 3 is 2.63 bits per heavy atom. The molecule has 2 aromatic rings. The molecule has 0 radical (unpaired) electrons. The van der Waals surface area contributed by atoms with E-state index in [1.165, 1.54) is 6.21 Å². The molecular weight excluding hydrogens is 384 g/mol. The van der Waals surface area contributed by atoms with Gasteiger partial charge in [-0.25, -0.2) is 5.43 Å². The average Bonchev–Trinajstić information content (AvgIpc) is 3.54. The minimum absolute atomic E-state index is 0.105. The lowest BCUT2D eigenvalue weighted by atomic mass is 10.1. The lowest BCUT2D eigenvalue weighted by Crippen LogP contribution is -2.38. The first kappa shape index (κ1) is 21.0. The summed E-state index contributed by atoms with van der Waals surface area (Å²) < 4.78 is 5.54. The Bertz CT molecular complexity index is 983. The third kappa shape index (κ3) is 6.16. The summed E-state index contributed by atoms with van der Waals surface area (Å²) in [6.45, 7) is 3.78. The normalized spacial score (nSPS) is 13.0. The van der Waals surface area contributed by atoms with Gasteiger partial charge >= 0.3 is 11.8 Å². The van der Waals surface area contributed by atoms with Gasteiger partial charge in [0, 0.05) is 11.7 Å². The van der Waals surface area contributed by atoms with Crippen LogP contribution in [-0.2, 0) is 14.4 Å². The van der Waals surface area contributed by atoms with Crippen molar-refractivity contribution in [2.75, 3.05) is 11.9 Å². The number of aryl methyl sites for hydroxylation is 1. The third-order valence-corrected chi connectivity index (χ3v) is 4.61. The Balaban J connectivity index is 1.48. The lowest BCUT2D eigenvalue weighted by Gasteiger charge is -2.11. The monoisotopic (exact) mass is 408 g/mol. The summed E-state index contributed by atoms with van der Waals surface area (Å²) in [6.07, 6.45) is 3.20. The molecular formula is C22H24N4O4. The first-order chi connectivity index (χ1) is 14.4. The molecule has 0 saturated heterocycles. The molecule has 0 aromatic heterocycles. The van der Waals surface area contributed by atoms with Crippen LogP contribution in [0.15, 0.2) is 47.6 Å². The number of carbonyl (C=O) groups excluding carboxylic acids is 3. The smallest absolute Gasteiger partial charge is 0.329 e. The van der Waals surface area contributed by atoms with Crippen molar-refractivity contribution >= 4 is 29.6 Å². The topological polar surface area (TPSA) is 109 Å². The van der Waals surface area contributed by atoms with Crippen LogP contribution in [0.1, 0.15) is 29.5 Å². The van der Waals surface area contributed by atoms with Crippen molar-refractivity contribution in [3.8, 4) is 5.75 Å². The summed E-state index contributed by atoms with van der Waals surface area (Å²) in [5.74, 6) is -1.29. The first-order valence-corrected chi connectivity index (χ1v) is 9.65. The van der Waals surface area contributed by atoms with Crippen molar-refractivity contribution in [2.45, 2.75) is 32.7 Å². The second-order valence-corrected chi connectivity index (χ2v) is 7.10. The summed E-state index contributed by atoms with van der Waals surface area (Å²) >= 11 is 0.